The Morgan fingerprint density at radius 1 is 1.25 bits per heavy atom. The number of imide groups is 1. The molecule has 0 atom stereocenters. The summed E-state index contributed by atoms with van der Waals surface area (Å²) in [7, 11) is 0. The van der Waals surface area contributed by atoms with Crippen LogP contribution in [0.1, 0.15) is 23.2 Å². The van der Waals surface area contributed by atoms with Gasteiger partial charge in [-0.2, -0.15) is 10.2 Å². The van der Waals surface area contributed by atoms with E-state index >= 15 is 0 Å². The molecule has 2 aliphatic heterocycles. The van der Waals surface area contributed by atoms with E-state index in [1.165, 1.54) is 12.4 Å². The molecule has 4 amide bonds. The lowest BCUT2D eigenvalue weighted by Gasteiger charge is -2.36. The molecule has 8 nitrogen and oxygen atoms in total. The van der Waals surface area contributed by atoms with Gasteiger partial charge in [-0.15, -0.1) is 0 Å². The Balaban J connectivity index is 1.69. The van der Waals surface area contributed by atoms with Crippen LogP contribution in [0.25, 0.3) is 0 Å². The average Bonchev–Trinajstić information content (AvgIpc) is 2.74. The zero-order chi connectivity index (χ0) is 14.2. The third kappa shape index (κ3) is 1.98. The molecule has 1 aromatic heterocycles. The molecule has 1 aromatic rings. The standard InChI is InChI=1S/C12H13N5O3/c18-9(8-1-4-13-14-7-8)17-5-2-12(3-6-17)10(19)15-11(20)16-12/h1,4,7H,2-3,5-6H2,(H2,15,16,19,20). The molecule has 0 aromatic carbocycles. The normalized spacial score (nSPS) is 20.7. The zero-order valence-electron chi connectivity index (χ0n) is 10.6. The van der Waals surface area contributed by atoms with Crippen LogP contribution < -0.4 is 10.6 Å². The number of urea groups is 1. The molecule has 0 bridgehead atoms. The number of amides is 4. The number of aromatic nitrogens is 2. The Morgan fingerprint density at radius 3 is 2.55 bits per heavy atom. The van der Waals surface area contributed by atoms with E-state index in [0.717, 1.165) is 0 Å². The van der Waals surface area contributed by atoms with Crippen LogP contribution in [0.3, 0.4) is 0 Å². The van der Waals surface area contributed by atoms with Crippen LogP contribution in [0.5, 0.6) is 0 Å². The molecule has 2 N–H and O–H groups in total. The monoisotopic (exact) mass is 275 g/mol. The van der Waals surface area contributed by atoms with Crippen molar-refractivity contribution in [2.45, 2.75) is 18.4 Å². The van der Waals surface area contributed by atoms with Crippen molar-refractivity contribution in [1.29, 1.82) is 0 Å². The van der Waals surface area contributed by atoms with Crippen molar-refractivity contribution in [3.8, 4) is 0 Å². The Morgan fingerprint density at radius 2 is 2.00 bits per heavy atom. The lowest BCUT2D eigenvalue weighted by atomic mass is 9.87. The van der Waals surface area contributed by atoms with Gasteiger partial charge in [0.2, 0.25) is 0 Å². The molecule has 3 heterocycles. The second kappa shape index (κ2) is 4.55. The van der Waals surface area contributed by atoms with Crippen molar-refractivity contribution in [2.75, 3.05) is 13.1 Å². The molecule has 2 aliphatic rings. The van der Waals surface area contributed by atoms with Gasteiger partial charge in [0.1, 0.15) is 5.54 Å². The highest BCUT2D eigenvalue weighted by molar-refractivity contribution is 6.07. The maximum Gasteiger partial charge on any atom is 0.322 e. The number of likely N-dealkylation sites (tertiary alicyclic amines) is 1. The smallest absolute Gasteiger partial charge is 0.322 e. The fraction of sp³-hybridized carbons (Fsp3) is 0.417. The largest absolute Gasteiger partial charge is 0.338 e. The van der Waals surface area contributed by atoms with Crippen molar-refractivity contribution >= 4 is 17.8 Å². The first-order valence-electron chi connectivity index (χ1n) is 6.30. The molecule has 1 spiro atoms. The van der Waals surface area contributed by atoms with Crippen LogP contribution in [-0.4, -0.2) is 51.6 Å². The summed E-state index contributed by atoms with van der Waals surface area (Å²) in [6.45, 7) is 0.823. The van der Waals surface area contributed by atoms with E-state index in [1.54, 1.807) is 11.0 Å². The van der Waals surface area contributed by atoms with Crippen LogP contribution in [0.2, 0.25) is 0 Å². The minimum Gasteiger partial charge on any atom is -0.338 e. The van der Waals surface area contributed by atoms with E-state index in [4.69, 9.17) is 0 Å². The molecular formula is C12H13N5O3. The van der Waals surface area contributed by atoms with Crippen molar-refractivity contribution in [3.63, 3.8) is 0 Å². The first-order valence-corrected chi connectivity index (χ1v) is 6.30. The van der Waals surface area contributed by atoms with Gasteiger partial charge in [0.05, 0.1) is 18.0 Å². The van der Waals surface area contributed by atoms with Gasteiger partial charge in [0, 0.05) is 13.1 Å². The Hall–Kier alpha value is -2.51. The molecule has 0 unspecified atom stereocenters. The van der Waals surface area contributed by atoms with Crippen LogP contribution in [0.4, 0.5) is 4.79 Å². The van der Waals surface area contributed by atoms with Crippen LogP contribution in [0.15, 0.2) is 18.5 Å². The van der Waals surface area contributed by atoms with E-state index in [-0.39, 0.29) is 11.8 Å². The quantitative estimate of drug-likeness (QED) is 0.659. The molecule has 2 saturated heterocycles. The summed E-state index contributed by atoms with van der Waals surface area (Å²) in [5.74, 6) is -0.445. The number of nitrogens with zero attached hydrogens (tertiary/aromatic N) is 3. The second-order valence-electron chi connectivity index (χ2n) is 4.91. The van der Waals surface area contributed by atoms with Crippen LogP contribution in [-0.2, 0) is 4.79 Å². The second-order valence-corrected chi connectivity index (χ2v) is 4.91. The molecule has 2 fully saturated rings. The summed E-state index contributed by atoms with van der Waals surface area (Å²) < 4.78 is 0. The molecule has 0 radical (unpaired) electrons. The van der Waals surface area contributed by atoms with Crippen molar-refractivity contribution < 1.29 is 14.4 Å². The topological polar surface area (TPSA) is 104 Å². The highest BCUT2D eigenvalue weighted by Gasteiger charge is 2.48. The van der Waals surface area contributed by atoms with E-state index < -0.39 is 11.6 Å². The molecule has 3 rings (SSSR count). The van der Waals surface area contributed by atoms with Gasteiger partial charge in [-0.1, -0.05) is 0 Å². The maximum absolute atomic E-state index is 12.2. The van der Waals surface area contributed by atoms with E-state index in [2.05, 4.69) is 20.8 Å². The molecule has 8 heteroatoms. The third-order valence-electron chi connectivity index (χ3n) is 3.75. The Kier molecular flexibility index (Phi) is 2.85. The lowest BCUT2D eigenvalue weighted by molar-refractivity contribution is -0.125. The molecule has 0 aliphatic carbocycles. The van der Waals surface area contributed by atoms with Gasteiger partial charge in [0.25, 0.3) is 11.8 Å². The Bertz CT molecular complexity index is 566. The fourth-order valence-corrected chi connectivity index (χ4v) is 2.57. The number of hydrogen-bond acceptors (Lipinski definition) is 5. The number of nitrogens with one attached hydrogen (secondary N) is 2. The number of carbonyl (C=O) groups excluding carboxylic acids is 3. The van der Waals surface area contributed by atoms with Gasteiger partial charge >= 0.3 is 6.03 Å². The predicted octanol–water partition coefficient (Wildman–Crippen LogP) is -0.709. The SMILES string of the molecule is O=C1NC(=O)C2(CCN(C(=O)c3ccnnc3)CC2)N1. The highest BCUT2D eigenvalue weighted by atomic mass is 16.2. The highest BCUT2D eigenvalue weighted by Crippen LogP contribution is 2.26. The summed E-state index contributed by atoms with van der Waals surface area (Å²) in [5, 5.41) is 12.2. The van der Waals surface area contributed by atoms with E-state index in [9.17, 15) is 14.4 Å². The molecule has 104 valence electrons. The van der Waals surface area contributed by atoms with Crippen molar-refractivity contribution in [1.82, 2.24) is 25.7 Å². The minimum absolute atomic E-state index is 0.139. The lowest BCUT2D eigenvalue weighted by Crippen LogP contribution is -2.55. The molecular weight excluding hydrogens is 262 g/mol. The predicted molar refractivity (Wildman–Crippen MR) is 66.6 cm³/mol. The number of carbonyl (C=O) groups is 3. The number of hydrogen-bond donors (Lipinski definition) is 2. The molecule has 20 heavy (non-hydrogen) atoms. The first kappa shape index (κ1) is 12.5. The summed E-state index contributed by atoms with van der Waals surface area (Å²) >= 11 is 0. The average molecular weight is 275 g/mol. The van der Waals surface area contributed by atoms with Crippen LogP contribution in [0, 0.1) is 0 Å². The van der Waals surface area contributed by atoms with Crippen molar-refractivity contribution in [2.24, 2.45) is 0 Å². The fourth-order valence-electron chi connectivity index (χ4n) is 2.57. The number of rotatable bonds is 1. The number of piperidine rings is 1. The summed E-state index contributed by atoms with van der Waals surface area (Å²) in [5.41, 5.74) is -0.388. The first-order chi connectivity index (χ1) is 9.61. The molecule has 0 saturated carbocycles. The summed E-state index contributed by atoms with van der Waals surface area (Å²) in [4.78, 5) is 36.9. The van der Waals surface area contributed by atoms with E-state index in [0.29, 0.717) is 31.5 Å². The summed E-state index contributed by atoms with van der Waals surface area (Å²) in [6, 6.07) is 1.14. The van der Waals surface area contributed by atoms with Gasteiger partial charge in [-0.3, -0.25) is 14.9 Å². The van der Waals surface area contributed by atoms with Gasteiger partial charge < -0.3 is 10.2 Å². The minimum atomic E-state index is -0.857. The van der Waals surface area contributed by atoms with Crippen molar-refractivity contribution in [3.05, 3.63) is 24.0 Å². The van der Waals surface area contributed by atoms with E-state index in [1.807, 2.05) is 0 Å². The maximum atomic E-state index is 12.2. The Labute approximate surface area is 114 Å². The zero-order valence-corrected chi connectivity index (χ0v) is 10.6. The summed E-state index contributed by atoms with van der Waals surface area (Å²) in [6.07, 6.45) is 3.70. The van der Waals surface area contributed by atoms with Gasteiger partial charge in [-0.05, 0) is 18.9 Å². The van der Waals surface area contributed by atoms with Gasteiger partial charge in [-0.25, -0.2) is 4.79 Å². The van der Waals surface area contributed by atoms with Crippen LogP contribution >= 0.6 is 0 Å². The van der Waals surface area contributed by atoms with Gasteiger partial charge in [0.15, 0.2) is 0 Å². The third-order valence-corrected chi connectivity index (χ3v) is 3.75.